The average Bonchev–Trinajstić information content (AvgIpc) is 2.45. The summed E-state index contributed by atoms with van der Waals surface area (Å²) in [6.07, 6.45) is 0. The Bertz CT molecular complexity index is 478. The Morgan fingerprint density at radius 2 is 2.20 bits per heavy atom. The van der Waals surface area contributed by atoms with E-state index in [1.807, 2.05) is 0 Å². The maximum absolute atomic E-state index is 11.7. The van der Waals surface area contributed by atoms with Gasteiger partial charge in [0.1, 0.15) is 5.69 Å². The number of hydrogen-bond acceptors (Lipinski definition) is 6. The molecule has 0 aliphatic heterocycles. The van der Waals surface area contributed by atoms with Gasteiger partial charge in [-0.1, -0.05) is 0 Å². The molecule has 0 radical (unpaired) electrons. The summed E-state index contributed by atoms with van der Waals surface area (Å²) in [6, 6.07) is 4.16. The monoisotopic (exact) mass is 283 g/mol. The third-order valence-electron chi connectivity index (χ3n) is 2.39. The van der Waals surface area contributed by atoms with Crippen molar-refractivity contribution in [1.29, 1.82) is 0 Å². The SMILES string of the molecule is CCONC(=O)c1ccc(NCCOC)c([N+](=O)[O-])c1. The Hall–Kier alpha value is -2.19. The topological polar surface area (TPSA) is 103 Å². The molecule has 0 aliphatic carbocycles. The van der Waals surface area contributed by atoms with Gasteiger partial charge in [-0.15, -0.1) is 0 Å². The molecule has 0 heterocycles. The first kappa shape index (κ1) is 15.9. The molecule has 0 saturated carbocycles. The van der Waals surface area contributed by atoms with Crippen LogP contribution < -0.4 is 10.8 Å². The highest BCUT2D eigenvalue weighted by Crippen LogP contribution is 2.25. The average molecular weight is 283 g/mol. The van der Waals surface area contributed by atoms with E-state index in [1.165, 1.54) is 25.3 Å². The fraction of sp³-hybridized carbons (Fsp3) is 0.417. The number of ether oxygens (including phenoxy) is 1. The lowest BCUT2D eigenvalue weighted by molar-refractivity contribution is -0.384. The fourth-order valence-corrected chi connectivity index (χ4v) is 1.46. The Morgan fingerprint density at radius 3 is 2.80 bits per heavy atom. The first-order valence-corrected chi connectivity index (χ1v) is 6.03. The second kappa shape index (κ2) is 8.08. The molecule has 20 heavy (non-hydrogen) atoms. The van der Waals surface area contributed by atoms with E-state index < -0.39 is 10.8 Å². The van der Waals surface area contributed by atoms with Gasteiger partial charge in [-0.05, 0) is 19.1 Å². The van der Waals surface area contributed by atoms with Crippen LogP contribution in [-0.2, 0) is 9.57 Å². The van der Waals surface area contributed by atoms with E-state index in [1.54, 1.807) is 6.92 Å². The number of benzene rings is 1. The molecule has 0 fully saturated rings. The predicted molar refractivity (Wildman–Crippen MR) is 72.6 cm³/mol. The van der Waals surface area contributed by atoms with Crippen LogP contribution in [0, 0.1) is 10.1 Å². The van der Waals surface area contributed by atoms with E-state index >= 15 is 0 Å². The maximum atomic E-state index is 11.7. The summed E-state index contributed by atoms with van der Waals surface area (Å²) in [4.78, 5) is 26.9. The molecule has 0 unspecified atom stereocenters. The Kier molecular flexibility index (Phi) is 6.41. The Balaban J connectivity index is 2.89. The van der Waals surface area contributed by atoms with Crippen molar-refractivity contribution >= 4 is 17.3 Å². The second-order valence-electron chi connectivity index (χ2n) is 3.77. The summed E-state index contributed by atoms with van der Waals surface area (Å²) in [5, 5.41) is 13.9. The fourth-order valence-electron chi connectivity index (χ4n) is 1.46. The largest absolute Gasteiger partial charge is 0.383 e. The Labute approximate surface area is 116 Å². The molecule has 1 aromatic rings. The summed E-state index contributed by atoms with van der Waals surface area (Å²) in [5.74, 6) is -0.529. The normalized spacial score (nSPS) is 10.1. The minimum atomic E-state index is -0.549. The van der Waals surface area contributed by atoms with Gasteiger partial charge >= 0.3 is 0 Å². The summed E-state index contributed by atoms with van der Waals surface area (Å²) < 4.78 is 4.86. The van der Waals surface area contributed by atoms with Gasteiger partial charge in [0.15, 0.2) is 0 Å². The number of nitrogens with zero attached hydrogens (tertiary/aromatic N) is 1. The smallest absolute Gasteiger partial charge is 0.293 e. The summed E-state index contributed by atoms with van der Waals surface area (Å²) in [6.45, 7) is 2.88. The van der Waals surface area contributed by atoms with Gasteiger partial charge in [-0.25, -0.2) is 5.48 Å². The molecule has 1 rings (SSSR count). The zero-order valence-corrected chi connectivity index (χ0v) is 11.3. The van der Waals surface area contributed by atoms with Crippen molar-refractivity contribution in [2.75, 3.05) is 32.2 Å². The van der Waals surface area contributed by atoms with Gasteiger partial charge in [0.05, 0.1) is 18.1 Å². The highest BCUT2D eigenvalue weighted by Gasteiger charge is 2.17. The summed E-state index contributed by atoms with van der Waals surface area (Å²) in [7, 11) is 1.54. The van der Waals surface area contributed by atoms with Crippen LogP contribution in [0.1, 0.15) is 17.3 Å². The molecule has 0 aromatic heterocycles. The van der Waals surface area contributed by atoms with E-state index in [4.69, 9.17) is 9.57 Å². The van der Waals surface area contributed by atoms with Gasteiger partial charge in [0.2, 0.25) is 0 Å². The molecule has 8 nitrogen and oxygen atoms in total. The molecule has 0 bridgehead atoms. The molecular weight excluding hydrogens is 266 g/mol. The molecule has 1 aromatic carbocycles. The highest BCUT2D eigenvalue weighted by molar-refractivity contribution is 5.95. The lowest BCUT2D eigenvalue weighted by atomic mass is 10.1. The number of carbonyl (C=O) groups excluding carboxylic acids is 1. The van der Waals surface area contributed by atoms with E-state index in [2.05, 4.69) is 10.8 Å². The number of hydrogen-bond donors (Lipinski definition) is 2. The highest BCUT2D eigenvalue weighted by atomic mass is 16.6. The van der Waals surface area contributed by atoms with Crippen LogP contribution in [0.25, 0.3) is 0 Å². The lowest BCUT2D eigenvalue weighted by Crippen LogP contribution is -2.23. The van der Waals surface area contributed by atoms with Crippen molar-refractivity contribution in [2.45, 2.75) is 6.92 Å². The molecule has 2 N–H and O–H groups in total. The first-order chi connectivity index (χ1) is 9.60. The Morgan fingerprint density at radius 1 is 1.45 bits per heavy atom. The number of nitrogens with one attached hydrogen (secondary N) is 2. The van der Waals surface area contributed by atoms with Gasteiger partial charge in [0, 0.05) is 25.3 Å². The van der Waals surface area contributed by atoms with E-state index in [9.17, 15) is 14.9 Å². The first-order valence-electron chi connectivity index (χ1n) is 6.03. The summed E-state index contributed by atoms with van der Waals surface area (Å²) in [5.41, 5.74) is 2.50. The van der Waals surface area contributed by atoms with Crippen molar-refractivity contribution in [3.63, 3.8) is 0 Å². The number of nitro groups is 1. The minimum Gasteiger partial charge on any atom is -0.383 e. The van der Waals surface area contributed by atoms with E-state index in [0.717, 1.165) is 0 Å². The number of carbonyl (C=O) groups is 1. The van der Waals surface area contributed by atoms with Crippen LogP contribution in [0.2, 0.25) is 0 Å². The molecule has 0 saturated heterocycles. The number of hydroxylamine groups is 1. The number of anilines is 1. The van der Waals surface area contributed by atoms with Crippen LogP contribution in [-0.4, -0.2) is 37.7 Å². The van der Waals surface area contributed by atoms with Crippen molar-refractivity contribution in [3.05, 3.63) is 33.9 Å². The number of nitro benzene ring substituents is 1. The van der Waals surface area contributed by atoms with Gasteiger partial charge in [-0.2, -0.15) is 0 Å². The van der Waals surface area contributed by atoms with Crippen molar-refractivity contribution < 1.29 is 19.3 Å². The van der Waals surface area contributed by atoms with Gasteiger partial charge < -0.3 is 10.1 Å². The van der Waals surface area contributed by atoms with Gasteiger partial charge in [0.25, 0.3) is 11.6 Å². The quantitative estimate of drug-likeness (QED) is 0.424. The van der Waals surface area contributed by atoms with Crippen molar-refractivity contribution in [3.8, 4) is 0 Å². The lowest BCUT2D eigenvalue weighted by Gasteiger charge is -2.08. The number of methoxy groups -OCH3 is 1. The zero-order chi connectivity index (χ0) is 15.0. The second-order valence-corrected chi connectivity index (χ2v) is 3.77. The zero-order valence-electron chi connectivity index (χ0n) is 11.3. The van der Waals surface area contributed by atoms with Crippen LogP contribution in [0.3, 0.4) is 0 Å². The van der Waals surface area contributed by atoms with Gasteiger partial charge in [-0.3, -0.25) is 19.7 Å². The van der Waals surface area contributed by atoms with E-state index in [-0.39, 0.29) is 11.3 Å². The van der Waals surface area contributed by atoms with Crippen LogP contribution in [0.15, 0.2) is 18.2 Å². The molecule has 1 amide bonds. The molecule has 8 heteroatoms. The maximum Gasteiger partial charge on any atom is 0.293 e. The van der Waals surface area contributed by atoms with Crippen molar-refractivity contribution in [2.24, 2.45) is 0 Å². The number of rotatable bonds is 8. The third kappa shape index (κ3) is 4.48. The number of amides is 1. The van der Waals surface area contributed by atoms with E-state index in [0.29, 0.717) is 25.4 Å². The molecular formula is C12H17N3O5. The van der Waals surface area contributed by atoms with Crippen LogP contribution >= 0.6 is 0 Å². The summed E-state index contributed by atoms with van der Waals surface area (Å²) >= 11 is 0. The molecule has 0 spiro atoms. The molecule has 110 valence electrons. The molecule has 0 atom stereocenters. The van der Waals surface area contributed by atoms with Crippen LogP contribution in [0.4, 0.5) is 11.4 Å². The predicted octanol–water partition coefficient (Wildman–Crippen LogP) is 1.33. The molecule has 0 aliphatic rings. The standard InChI is InChI=1S/C12H17N3O5/c1-3-20-14-12(16)9-4-5-10(13-6-7-19-2)11(8-9)15(17)18/h4-5,8,13H,3,6-7H2,1-2H3,(H,14,16). The third-order valence-corrected chi connectivity index (χ3v) is 2.39. The minimum absolute atomic E-state index is 0.155. The van der Waals surface area contributed by atoms with Crippen LogP contribution in [0.5, 0.6) is 0 Å². The van der Waals surface area contributed by atoms with Crippen molar-refractivity contribution in [1.82, 2.24) is 5.48 Å².